The number of carbonyl (C=O) groups excluding carboxylic acids is 1. The quantitative estimate of drug-likeness (QED) is 0.236. The van der Waals surface area contributed by atoms with E-state index >= 15 is 0 Å². The summed E-state index contributed by atoms with van der Waals surface area (Å²) in [6.07, 6.45) is 4.39. The second-order valence-electron chi connectivity index (χ2n) is 8.21. The molecular formula is C29H28N2O3S. The van der Waals surface area contributed by atoms with Crippen LogP contribution in [0.2, 0.25) is 0 Å². The largest absolute Gasteiger partial charge is 0.496 e. The molecule has 0 aliphatic carbocycles. The molecular weight excluding hydrogens is 456 g/mol. The SMILES string of the molecule is C=CCc1ccccc1OCc1cc(/C=C2\NC(=S)N(C(C)c3ccccc3)C2=O)ccc1OC. The van der Waals surface area contributed by atoms with E-state index < -0.39 is 0 Å². The van der Waals surface area contributed by atoms with E-state index in [1.807, 2.05) is 85.8 Å². The molecule has 1 atom stereocenters. The maximum absolute atomic E-state index is 13.2. The molecule has 1 unspecified atom stereocenters. The Balaban J connectivity index is 1.55. The van der Waals surface area contributed by atoms with Crippen molar-refractivity contribution in [2.45, 2.75) is 26.0 Å². The number of carbonyl (C=O) groups is 1. The van der Waals surface area contributed by atoms with Crippen molar-refractivity contribution < 1.29 is 14.3 Å². The Morgan fingerprint density at radius 1 is 1.03 bits per heavy atom. The van der Waals surface area contributed by atoms with Crippen LogP contribution in [0.15, 0.2) is 91.1 Å². The number of methoxy groups -OCH3 is 1. The predicted molar refractivity (Wildman–Crippen MR) is 143 cm³/mol. The molecule has 3 aromatic carbocycles. The zero-order valence-electron chi connectivity index (χ0n) is 19.9. The molecule has 0 aromatic heterocycles. The third-order valence-corrected chi connectivity index (χ3v) is 6.21. The number of nitrogens with zero attached hydrogens (tertiary/aromatic N) is 1. The highest BCUT2D eigenvalue weighted by atomic mass is 32.1. The van der Waals surface area contributed by atoms with Gasteiger partial charge in [0.1, 0.15) is 23.8 Å². The third-order valence-electron chi connectivity index (χ3n) is 5.91. The number of amides is 1. The maximum Gasteiger partial charge on any atom is 0.277 e. The number of benzene rings is 3. The Kier molecular flexibility index (Phi) is 7.63. The minimum atomic E-state index is -0.176. The summed E-state index contributed by atoms with van der Waals surface area (Å²) in [6.45, 7) is 6.11. The molecule has 4 rings (SSSR count). The van der Waals surface area contributed by atoms with Gasteiger partial charge in [0, 0.05) is 5.56 Å². The Bertz CT molecular complexity index is 1270. The first-order valence-electron chi connectivity index (χ1n) is 11.4. The lowest BCUT2D eigenvalue weighted by Crippen LogP contribution is -2.33. The second kappa shape index (κ2) is 11.0. The smallest absolute Gasteiger partial charge is 0.277 e. The molecule has 1 fully saturated rings. The van der Waals surface area contributed by atoms with Crippen LogP contribution in [0.3, 0.4) is 0 Å². The van der Waals surface area contributed by atoms with E-state index in [2.05, 4.69) is 11.9 Å². The molecule has 1 heterocycles. The minimum Gasteiger partial charge on any atom is -0.496 e. The molecule has 6 heteroatoms. The van der Waals surface area contributed by atoms with Gasteiger partial charge in [0.15, 0.2) is 5.11 Å². The summed E-state index contributed by atoms with van der Waals surface area (Å²) in [5.41, 5.74) is 4.24. The molecule has 0 saturated carbocycles. The van der Waals surface area contributed by atoms with Crippen molar-refractivity contribution in [3.63, 3.8) is 0 Å². The van der Waals surface area contributed by atoms with E-state index in [-0.39, 0.29) is 11.9 Å². The van der Waals surface area contributed by atoms with Gasteiger partial charge < -0.3 is 14.8 Å². The number of para-hydroxylation sites is 1. The van der Waals surface area contributed by atoms with Crippen LogP contribution in [0, 0.1) is 0 Å². The molecule has 5 nitrogen and oxygen atoms in total. The van der Waals surface area contributed by atoms with Gasteiger partial charge in [0.2, 0.25) is 0 Å². The lowest BCUT2D eigenvalue weighted by molar-refractivity contribution is -0.123. The standard InChI is InChI=1S/C29H28N2O3S/c1-4-10-23-13-8-9-14-27(23)34-19-24-17-21(15-16-26(24)33-3)18-25-28(32)31(29(35)30-25)20(2)22-11-6-5-7-12-22/h4-9,11-18,20H,1,10,19H2,2-3H3,(H,30,35)/b25-18-. The number of ether oxygens (including phenoxy) is 2. The van der Waals surface area contributed by atoms with E-state index in [1.165, 1.54) is 0 Å². The maximum atomic E-state index is 13.2. The Morgan fingerprint density at radius 2 is 1.77 bits per heavy atom. The Morgan fingerprint density at radius 3 is 2.51 bits per heavy atom. The topological polar surface area (TPSA) is 50.8 Å². The summed E-state index contributed by atoms with van der Waals surface area (Å²) in [7, 11) is 1.63. The fraction of sp³-hybridized carbons (Fsp3) is 0.172. The van der Waals surface area contributed by atoms with Crippen molar-refractivity contribution in [3.05, 3.63) is 113 Å². The molecule has 1 aliphatic heterocycles. The molecule has 178 valence electrons. The van der Waals surface area contributed by atoms with Crippen LogP contribution >= 0.6 is 12.2 Å². The van der Waals surface area contributed by atoms with Gasteiger partial charge in [0.05, 0.1) is 13.2 Å². The van der Waals surface area contributed by atoms with Crippen LogP contribution in [0.5, 0.6) is 11.5 Å². The summed E-state index contributed by atoms with van der Waals surface area (Å²) >= 11 is 5.49. The number of thiocarbonyl (C=S) groups is 1. The van der Waals surface area contributed by atoms with Gasteiger partial charge in [-0.05, 0) is 66.5 Å². The van der Waals surface area contributed by atoms with Gasteiger partial charge in [-0.25, -0.2) is 0 Å². The first-order chi connectivity index (χ1) is 17.0. The van der Waals surface area contributed by atoms with Crippen molar-refractivity contribution >= 4 is 29.3 Å². The van der Waals surface area contributed by atoms with Gasteiger partial charge >= 0.3 is 0 Å². The minimum absolute atomic E-state index is 0.154. The molecule has 1 N–H and O–H groups in total. The van der Waals surface area contributed by atoms with E-state index in [4.69, 9.17) is 21.7 Å². The summed E-state index contributed by atoms with van der Waals surface area (Å²) in [5, 5.41) is 3.47. The summed E-state index contributed by atoms with van der Waals surface area (Å²) in [4.78, 5) is 14.8. The van der Waals surface area contributed by atoms with Crippen LogP contribution in [-0.4, -0.2) is 23.0 Å². The highest BCUT2D eigenvalue weighted by molar-refractivity contribution is 7.80. The van der Waals surface area contributed by atoms with Crippen molar-refractivity contribution in [1.29, 1.82) is 0 Å². The fourth-order valence-corrected chi connectivity index (χ4v) is 4.42. The number of allylic oxidation sites excluding steroid dienone is 1. The van der Waals surface area contributed by atoms with Crippen molar-refractivity contribution in [1.82, 2.24) is 10.2 Å². The van der Waals surface area contributed by atoms with Gasteiger partial charge in [0.25, 0.3) is 5.91 Å². The first-order valence-corrected chi connectivity index (χ1v) is 11.8. The zero-order chi connectivity index (χ0) is 24.8. The van der Waals surface area contributed by atoms with E-state index in [0.29, 0.717) is 23.2 Å². The number of rotatable bonds is 9. The number of nitrogens with one attached hydrogen (secondary N) is 1. The van der Waals surface area contributed by atoms with Crippen molar-refractivity contribution in [2.75, 3.05) is 7.11 Å². The molecule has 0 radical (unpaired) electrons. The summed E-state index contributed by atoms with van der Waals surface area (Å²) < 4.78 is 11.7. The lowest BCUT2D eigenvalue weighted by Gasteiger charge is -2.23. The molecule has 3 aromatic rings. The normalized spacial score (nSPS) is 15.1. The van der Waals surface area contributed by atoms with Gasteiger partial charge in [-0.2, -0.15) is 0 Å². The first kappa shape index (κ1) is 24.2. The van der Waals surface area contributed by atoms with Crippen LogP contribution in [0.4, 0.5) is 0 Å². The summed E-state index contributed by atoms with van der Waals surface area (Å²) in [6, 6.07) is 23.3. The van der Waals surface area contributed by atoms with E-state index in [9.17, 15) is 4.79 Å². The van der Waals surface area contributed by atoms with Crippen LogP contribution in [0.1, 0.15) is 35.2 Å². The van der Waals surface area contributed by atoms with Gasteiger partial charge in [-0.15, -0.1) is 6.58 Å². The number of hydrogen-bond acceptors (Lipinski definition) is 4. The Hall–Kier alpha value is -3.90. The highest BCUT2D eigenvalue weighted by Gasteiger charge is 2.34. The average Bonchev–Trinajstić information content (AvgIpc) is 3.16. The monoisotopic (exact) mass is 484 g/mol. The fourth-order valence-electron chi connectivity index (χ4n) is 4.07. The van der Waals surface area contributed by atoms with E-state index in [1.54, 1.807) is 18.1 Å². The van der Waals surface area contributed by atoms with Gasteiger partial charge in [-0.3, -0.25) is 9.69 Å². The highest BCUT2D eigenvalue weighted by Crippen LogP contribution is 2.28. The van der Waals surface area contributed by atoms with Gasteiger partial charge in [-0.1, -0.05) is 60.7 Å². The predicted octanol–water partition coefficient (Wildman–Crippen LogP) is 5.82. The average molecular weight is 485 g/mol. The lowest BCUT2D eigenvalue weighted by atomic mass is 10.1. The van der Waals surface area contributed by atoms with Crippen LogP contribution < -0.4 is 14.8 Å². The molecule has 35 heavy (non-hydrogen) atoms. The van der Waals surface area contributed by atoms with Crippen molar-refractivity contribution in [2.24, 2.45) is 0 Å². The molecule has 1 aliphatic rings. The number of hydrogen-bond donors (Lipinski definition) is 1. The van der Waals surface area contributed by atoms with Crippen LogP contribution in [0.25, 0.3) is 6.08 Å². The summed E-state index contributed by atoms with van der Waals surface area (Å²) in [5.74, 6) is 1.37. The zero-order valence-corrected chi connectivity index (χ0v) is 20.7. The van der Waals surface area contributed by atoms with E-state index in [0.717, 1.165) is 34.4 Å². The molecule has 1 saturated heterocycles. The Labute approximate surface area is 211 Å². The second-order valence-corrected chi connectivity index (χ2v) is 8.60. The van der Waals surface area contributed by atoms with Crippen LogP contribution in [-0.2, 0) is 17.8 Å². The molecule has 0 spiro atoms. The molecule has 0 bridgehead atoms. The van der Waals surface area contributed by atoms with Crippen molar-refractivity contribution in [3.8, 4) is 11.5 Å². The molecule has 1 amide bonds. The third kappa shape index (κ3) is 5.44.